The molecule has 6 aromatic carbocycles. The van der Waals surface area contributed by atoms with Crippen LogP contribution in [0.2, 0.25) is 12.6 Å². The van der Waals surface area contributed by atoms with Crippen LogP contribution in [0.5, 0.6) is 34.5 Å². The summed E-state index contributed by atoms with van der Waals surface area (Å²) < 4.78 is 32.5. The van der Waals surface area contributed by atoms with Crippen LogP contribution >= 0.6 is 0 Å². The SMILES string of the molecule is CCCC[B-](c1ccc(OC)cc1)(c1ccc(OC)cc1)c1ccc(OC)cc1.CCCC[B-](c1ccc(OC)cc1)(c1ccc(OC)cc1)c1ccc(OC)cc1.[Mg+2]. The molecule has 0 saturated carbocycles. The van der Waals surface area contributed by atoms with Crippen molar-refractivity contribution in [3.8, 4) is 34.5 Å². The first-order valence-corrected chi connectivity index (χ1v) is 20.6. The maximum absolute atomic E-state index is 5.41. The first-order chi connectivity index (χ1) is 28.3. The predicted octanol–water partition coefficient (Wildman–Crippen LogP) is 7.58. The van der Waals surface area contributed by atoms with Crippen LogP contribution in [0.4, 0.5) is 0 Å². The van der Waals surface area contributed by atoms with Crippen LogP contribution in [0.3, 0.4) is 0 Å². The third-order valence-corrected chi connectivity index (χ3v) is 12.1. The second-order valence-corrected chi connectivity index (χ2v) is 15.0. The first kappa shape index (κ1) is 46.7. The van der Waals surface area contributed by atoms with Crippen LogP contribution in [0.15, 0.2) is 146 Å². The van der Waals surface area contributed by atoms with Gasteiger partial charge in [0.25, 0.3) is 0 Å². The van der Waals surface area contributed by atoms with Gasteiger partial charge in [0.1, 0.15) is 34.5 Å². The zero-order valence-corrected chi connectivity index (χ0v) is 37.8. The Morgan fingerprint density at radius 2 is 0.441 bits per heavy atom. The third kappa shape index (κ3) is 10.8. The van der Waals surface area contributed by atoms with Gasteiger partial charge in [-0.2, -0.15) is 45.4 Å². The quantitative estimate of drug-likeness (QED) is 0.0837. The van der Waals surface area contributed by atoms with E-state index in [0.717, 1.165) is 72.8 Å². The van der Waals surface area contributed by atoms with Crippen molar-refractivity contribution in [1.29, 1.82) is 0 Å². The van der Waals surface area contributed by atoms with Crippen molar-refractivity contribution in [2.24, 2.45) is 0 Å². The summed E-state index contributed by atoms with van der Waals surface area (Å²) in [5.74, 6) is 5.24. The predicted molar refractivity (Wildman–Crippen MR) is 252 cm³/mol. The van der Waals surface area contributed by atoms with Gasteiger partial charge in [-0.1, -0.05) is 112 Å². The molecule has 0 radical (unpaired) electrons. The minimum absolute atomic E-state index is 0. The van der Waals surface area contributed by atoms with E-state index in [2.05, 4.69) is 159 Å². The molecule has 0 spiro atoms. The van der Waals surface area contributed by atoms with Crippen LogP contribution in [0, 0.1) is 0 Å². The molecule has 0 unspecified atom stereocenters. The average molecular weight is 803 g/mol. The van der Waals surface area contributed by atoms with Gasteiger partial charge < -0.3 is 28.4 Å². The molecule has 6 rings (SSSR count). The van der Waals surface area contributed by atoms with Crippen LogP contribution in [-0.2, 0) is 0 Å². The summed E-state index contributed by atoms with van der Waals surface area (Å²) in [5, 5.41) is 0. The van der Waals surface area contributed by atoms with E-state index in [1.807, 2.05) is 0 Å². The fraction of sp³-hybridized carbons (Fsp3) is 0.280. The Kier molecular flexibility index (Phi) is 18.2. The Morgan fingerprint density at radius 1 is 0.288 bits per heavy atom. The maximum atomic E-state index is 5.41. The Labute approximate surface area is 369 Å². The fourth-order valence-electron chi connectivity index (χ4n) is 8.77. The summed E-state index contributed by atoms with van der Waals surface area (Å²) in [4.78, 5) is 0. The zero-order valence-electron chi connectivity index (χ0n) is 36.4. The van der Waals surface area contributed by atoms with Crippen LogP contribution < -0.4 is 61.2 Å². The molecular formula is C50H60B2MgO6. The summed E-state index contributed by atoms with van der Waals surface area (Å²) in [6.45, 7) is 4.49. The van der Waals surface area contributed by atoms with Gasteiger partial charge in [0.2, 0.25) is 0 Å². The van der Waals surface area contributed by atoms with E-state index >= 15 is 0 Å². The Balaban J connectivity index is 0.000000256. The Bertz CT molecular complexity index is 1700. The van der Waals surface area contributed by atoms with Crippen molar-refractivity contribution in [3.63, 3.8) is 0 Å². The molecule has 9 heteroatoms. The molecule has 0 bridgehead atoms. The number of methoxy groups -OCH3 is 6. The fourth-order valence-corrected chi connectivity index (χ4v) is 8.77. The number of hydrogen-bond acceptors (Lipinski definition) is 6. The van der Waals surface area contributed by atoms with E-state index < -0.39 is 12.3 Å². The summed E-state index contributed by atoms with van der Waals surface area (Å²) in [5.41, 5.74) is 7.89. The van der Waals surface area contributed by atoms with Gasteiger partial charge in [0, 0.05) is 0 Å². The van der Waals surface area contributed by atoms with E-state index in [1.54, 1.807) is 42.7 Å². The van der Waals surface area contributed by atoms with Gasteiger partial charge in [0.15, 0.2) is 0 Å². The molecular weight excluding hydrogens is 742 g/mol. The molecule has 6 nitrogen and oxygen atoms in total. The van der Waals surface area contributed by atoms with E-state index in [1.165, 1.54) is 32.8 Å². The molecule has 6 aromatic rings. The standard InChI is InChI=1S/2C25H30BO3.Mg/c2*1-5-6-19-26(20-7-13-23(27-2)14-8-20,21-9-15-24(28-3)16-10-21)22-11-17-25(29-4)18-12-22;/h2*7-18H,5-6,19H2,1-4H3;/q2*-1;+2. The average Bonchev–Trinajstić information content (AvgIpc) is 3.30. The third-order valence-electron chi connectivity index (χ3n) is 12.1. The van der Waals surface area contributed by atoms with Gasteiger partial charge in [-0.05, 0) is 72.8 Å². The molecule has 0 aliphatic heterocycles. The number of ether oxygens (including phenoxy) is 6. The van der Waals surface area contributed by atoms with Crippen LogP contribution in [0.25, 0.3) is 0 Å². The van der Waals surface area contributed by atoms with E-state index in [4.69, 9.17) is 28.4 Å². The van der Waals surface area contributed by atoms with Crippen molar-refractivity contribution in [2.75, 3.05) is 42.7 Å². The number of hydrogen-bond donors (Lipinski definition) is 0. The van der Waals surface area contributed by atoms with Gasteiger partial charge >= 0.3 is 23.1 Å². The van der Waals surface area contributed by atoms with Gasteiger partial charge in [-0.25, -0.2) is 0 Å². The normalized spacial score (nSPS) is 11.0. The van der Waals surface area contributed by atoms with E-state index in [-0.39, 0.29) is 23.1 Å². The second kappa shape index (κ2) is 23.0. The molecule has 0 heterocycles. The summed E-state index contributed by atoms with van der Waals surface area (Å²) in [6, 6.07) is 51.3. The molecule has 59 heavy (non-hydrogen) atoms. The smallest absolute Gasteiger partial charge is 0.497 e. The van der Waals surface area contributed by atoms with Crippen LogP contribution in [-0.4, -0.2) is 78.0 Å². The topological polar surface area (TPSA) is 55.4 Å². The van der Waals surface area contributed by atoms with Crippen molar-refractivity contribution in [2.45, 2.75) is 52.2 Å². The zero-order chi connectivity index (χ0) is 41.4. The van der Waals surface area contributed by atoms with Crippen LogP contribution in [0.1, 0.15) is 39.5 Å². The molecule has 0 aliphatic carbocycles. The monoisotopic (exact) mass is 802 g/mol. The number of benzene rings is 6. The molecule has 0 aromatic heterocycles. The van der Waals surface area contributed by atoms with Crippen molar-refractivity contribution in [1.82, 2.24) is 0 Å². The molecule has 0 amide bonds. The van der Waals surface area contributed by atoms with E-state index in [0.29, 0.717) is 0 Å². The summed E-state index contributed by atoms with van der Waals surface area (Å²) >= 11 is 0. The van der Waals surface area contributed by atoms with Gasteiger partial charge in [-0.3, -0.25) is 0 Å². The molecule has 0 aliphatic rings. The summed E-state index contributed by atoms with van der Waals surface area (Å²) in [7, 11) is 10.2. The Hall–Kier alpha value is -4.98. The summed E-state index contributed by atoms with van der Waals surface area (Å²) in [6.07, 6.45) is 4.43. The molecule has 0 saturated heterocycles. The van der Waals surface area contributed by atoms with Crippen molar-refractivity contribution in [3.05, 3.63) is 146 Å². The minimum atomic E-state index is -1.14. The molecule has 0 N–H and O–H groups in total. The molecule has 304 valence electrons. The Morgan fingerprint density at radius 3 is 0.559 bits per heavy atom. The largest absolute Gasteiger partial charge is 2.00 e. The number of unbranched alkanes of at least 4 members (excludes halogenated alkanes) is 2. The van der Waals surface area contributed by atoms with Crippen molar-refractivity contribution >= 4 is 68.1 Å². The van der Waals surface area contributed by atoms with Gasteiger partial charge in [-0.15, -0.1) is 0 Å². The molecule has 0 fully saturated rings. The van der Waals surface area contributed by atoms with Gasteiger partial charge in [0.05, 0.1) is 55.0 Å². The number of rotatable bonds is 18. The first-order valence-electron chi connectivity index (χ1n) is 20.6. The minimum Gasteiger partial charge on any atom is -0.497 e. The van der Waals surface area contributed by atoms with Crippen molar-refractivity contribution < 1.29 is 28.4 Å². The second-order valence-electron chi connectivity index (χ2n) is 15.0. The molecule has 0 atom stereocenters. The maximum Gasteiger partial charge on any atom is 2.00 e. The van der Waals surface area contributed by atoms with E-state index in [9.17, 15) is 0 Å².